The van der Waals surface area contributed by atoms with Crippen LogP contribution in [0.25, 0.3) is 0 Å². The van der Waals surface area contributed by atoms with Crippen LogP contribution in [0.2, 0.25) is 5.02 Å². The highest BCUT2D eigenvalue weighted by atomic mass is 35.5. The van der Waals surface area contributed by atoms with Gasteiger partial charge in [-0.1, -0.05) is 17.7 Å². The topological polar surface area (TPSA) is 24.1 Å². The molecule has 88 valence electrons. The molecule has 0 radical (unpaired) electrons. The molecule has 0 atom stereocenters. The zero-order chi connectivity index (χ0) is 11.4. The van der Waals surface area contributed by atoms with Crippen LogP contribution in [0.4, 0.5) is 5.69 Å². The molecule has 2 rings (SSSR count). The van der Waals surface area contributed by atoms with Crippen LogP contribution in [0.5, 0.6) is 0 Å². The third-order valence-corrected chi connectivity index (χ3v) is 3.49. The summed E-state index contributed by atoms with van der Waals surface area (Å²) in [6.45, 7) is 5.42. The minimum atomic E-state index is 0.776. The van der Waals surface area contributed by atoms with E-state index in [9.17, 15) is 0 Å². The van der Waals surface area contributed by atoms with Crippen molar-refractivity contribution in [2.75, 3.05) is 25.0 Å². The Bertz CT molecular complexity index is 346. The standard InChI is InChI=1S/C13H19ClN2/c1-10-2-3-12(14)13(8-10)16-9-11-4-6-15-7-5-11/h2-3,8,11,15-16H,4-7,9H2,1H3. The summed E-state index contributed by atoms with van der Waals surface area (Å²) in [6, 6.07) is 6.11. The van der Waals surface area contributed by atoms with E-state index in [1.807, 2.05) is 12.1 Å². The molecule has 1 aliphatic rings. The largest absolute Gasteiger partial charge is 0.384 e. The summed E-state index contributed by atoms with van der Waals surface area (Å²) in [5.74, 6) is 0.776. The molecule has 0 aliphatic carbocycles. The first-order chi connectivity index (χ1) is 7.75. The lowest BCUT2D eigenvalue weighted by Gasteiger charge is -2.23. The van der Waals surface area contributed by atoms with Crippen molar-refractivity contribution in [1.82, 2.24) is 5.32 Å². The molecule has 0 saturated carbocycles. The Labute approximate surface area is 102 Å². The predicted octanol–water partition coefficient (Wildman–Crippen LogP) is 3.06. The number of nitrogens with one attached hydrogen (secondary N) is 2. The summed E-state index contributed by atoms with van der Waals surface area (Å²) >= 11 is 6.14. The smallest absolute Gasteiger partial charge is 0.0637 e. The van der Waals surface area contributed by atoms with Crippen molar-refractivity contribution >= 4 is 17.3 Å². The van der Waals surface area contributed by atoms with E-state index in [-0.39, 0.29) is 0 Å². The number of hydrogen-bond acceptors (Lipinski definition) is 2. The SMILES string of the molecule is Cc1ccc(Cl)c(NCC2CCNCC2)c1. The molecule has 0 bridgehead atoms. The maximum Gasteiger partial charge on any atom is 0.0637 e. The number of benzene rings is 1. The molecule has 1 aromatic rings. The van der Waals surface area contributed by atoms with E-state index in [0.717, 1.165) is 36.3 Å². The molecule has 0 aromatic heterocycles. The molecule has 3 heteroatoms. The minimum Gasteiger partial charge on any atom is -0.384 e. The fraction of sp³-hybridized carbons (Fsp3) is 0.538. The van der Waals surface area contributed by atoms with Gasteiger partial charge < -0.3 is 10.6 Å². The van der Waals surface area contributed by atoms with Crippen molar-refractivity contribution < 1.29 is 0 Å². The summed E-state index contributed by atoms with van der Waals surface area (Å²) < 4.78 is 0. The van der Waals surface area contributed by atoms with E-state index < -0.39 is 0 Å². The van der Waals surface area contributed by atoms with Crippen LogP contribution in [0.3, 0.4) is 0 Å². The molecule has 1 fully saturated rings. The molecule has 0 amide bonds. The lowest BCUT2D eigenvalue weighted by molar-refractivity contribution is 0.390. The van der Waals surface area contributed by atoms with Crippen molar-refractivity contribution in [1.29, 1.82) is 0 Å². The minimum absolute atomic E-state index is 0.776. The van der Waals surface area contributed by atoms with Gasteiger partial charge in [-0.3, -0.25) is 0 Å². The average Bonchev–Trinajstić information content (AvgIpc) is 2.32. The Morgan fingerprint density at radius 1 is 1.38 bits per heavy atom. The second kappa shape index (κ2) is 5.55. The second-order valence-corrected chi connectivity index (χ2v) is 4.96. The van der Waals surface area contributed by atoms with Gasteiger partial charge in [-0.25, -0.2) is 0 Å². The van der Waals surface area contributed by atoms with Gasteiger partial charge in [-0.05, 0) is 56.5 Å². The van der Waals surface area contributed by atoms with Gasteiger partial charge in [0.2, 0.25) is 0 Å². The molecular weight excluding hydrogens is 220 g/mol. The maximum atomic E-state index is 6.14. The van der Waals surface area contributed by atoms with Crippen LogP contribution in [0.15, 0.2) is 18.2 Å². The lowest BCUT2D eigenvalue weighted by Crippen LogP contribution is -2.31. The molecule has 1 saturated heterocycles. The fourth-order valence-corrected chi connectivity index (χ4v) is 2.30. The van der Waals surface area contributed by atoms with Crippen LogP contribution in [0, 0.1) is 12.8 Å². The van der Waals surface area contributed by atoms with Crippen LogP contribution in [0.1, 0.15) is 18.4 Å². The van der Waals surface area contributed by atoms with Crippen LogP contribution in [-0.2, 0) is 0 Å². The zero-order valence-corrected chi connectivity index (χ0v) is 10.5. The Balaban J connectivity index is 1.90. The number of piperidine rings is 1. The first kappa shape index (κ1) is 11.7. The van der Waals surface area contributed by atoms with Gasteiger partial charge in [0.05, 0.1) is 10.7 Å². The number of aryl methyl sites for hydroxylation is 1. The molecule has 0 unspecified atom stereocenters. The van der Waals surface area contributed by atoms with Gasteiger partial charge in [0.25, 0.3) is 0 Å². The Kier molecular flexibility index (Phi) is 4.08. The van der Waals surface area contributed by atoms with E-state index in [0.29, 0.717) is 0 Å². The highest BCUT2D eigenvalue weighted by Crippen LogP contribution is 2.23. The highest BCUT2D eigenvalue weighted by Gasteiger charge is 2.12. The van der Waals surface area contributed by atoms with Gasteiger partial charge in [0, 0.05) is 6.54 Å². The summed E-state index contributed by atoms with van der Waals surface area (Å²) in [7, 11) is 0. The van der Waals surface area contributed by atoms with E-state index >= 15 is 0 Å². The van der Waals surface area contributed by atoms with E-state index in [2.05, 4.69) is 23.6 Å². The molecule has 2 nitrogen and oxygen atoms in total. The highest BCUT2D eigenvalue weighted by molar-refractivity contribution is 6.33. The van der Waals surface area contributed by atoms with Crippen molar-refractivity contribution in [3.8, 4) is 0 Å². The van der Waals surface area contributed by atoms with Crippen LogP contribution >= 0.6 is 11.6 Å². The summed E-state index contributed by atoms with van der Waals surface area (Å²) in [4.78, 5) is 0. The van der Waals surface area contributed by atoms with Crippen molar-refractivity contribution in [3.05, 3.63) is 28.8 Å². The monoisotopic (exact) mass is 238 g/mol. The lowest BCUT2D eigenvalue weighted by atomic mass is 9.98. The van der Waals surface area contributed by atoms with E-state index in [1.54, 1.807) is 0 Å². The normalized spacial score (nSPS) is 17.4. The average molecular weight is 239 g/mol. The van der Waals surface area contributed by atoms with Crippen LogP contribution < -0.4 is 10.6 Å². The van der Waals surface area contributed by atoms with E-state index in [4.69, 9.17) is 11.6 Å². The summed E-state index contributed by atoms with van der Waals surface area (Å²) in [5.41, 5.74) is 2.32. The Morgan fingerprint density at radius 2 is 2.12 bits per heavy atom. The molecule has 2 N–H and O–H groups in total. The van der Waals surface area contributed by atoms with Crippen LogP contribution in [-0.4, -0.2) is 19.6 Å². The van der Waals surface area contributed by atoms with Crippen molar-refractivity contribution in [2.24, 2.45) is 5.92 Å². The van der Waals surface area contributed by atoms with Gasteiger partial charge in [-0.15, -0.1) is 0 Å². The number of rotatable bonds is 3. The Morgan fingerprint density at radius 3 is 2.88 bits per heavy atom. The molecule has 16 heavy (non-hydrogen) atoms. The molecule has 0 spiro atoms. The van der Waals surface area contributed by atoms with Crippen molar-refractivity contribution in [3.63, 3.8) is 0 Å². The Hall–Kier alpha value is -0.730. The predicted molar refractivity (Wildman–Crippen MR) is 70.3 cm³/mol. The first-order valence-electron chi connectivity index (χ1n) is 5.96. The summed E-state index contributed by atoms with van der Waals surface area (Å²) in [6.07, 6.45) is 2.52. The quantitative estimate of drug-likeness (QED) is 0.846. The molecular formula is C13H19ClN2. The first-order valence-corrected chi connectivity index (χ1v) is 6.34. The fourth-order valence-electron chi connectivity index (χ4n) is 2.11. The number of halogens is 1. The molecule has 1 heterocycles. The second-order valence-electron chi connectivity index (χ2n) is 4.56. The number of anilines is 1. The van der Waals surface area contributed by atoms with Gasteiger partial charge in [0.1, 0.15) is 0 Å². The third kappa shape index (κ3) is 3.13. The molecule has 1 aromatic carbocycles. The van der Waals surface area contributed by atoms with E-state index in [1.165, 1.54) is 18.4 Å². The number of hydrogen-bond donors (Lipinski definition) is 2. The maximum absolute atomic E-state index is 6.14. The van der Waals surface area contributed by atoms with Crippen molar-refractivity contribution in [2.45, 2.75) is 19.8 Å². The van der Waals surface area contributed by atoms with Gasteiger partial charge in [0.15, 0.2) is 0 Å². The van der Waals surface area contributed by atoms with Gasteiger partial charge in [-0.2, -0.15) is 0 Å². The third-order valence-electron chi connectivity index (χ3n) is 3.16. The van der Waals surface area contributed by atoms with Gasteiger partial charge >= 0.3 is 0 Å². The molecule has 1 aliphatic heterocycles. The zero-order valence-electron chi connectivity index (χ0n) is 9.72. The summed E-state index contributed by atoms with van der Waals surface area (Å²) in [5, 5.41) is 7.66.